The second-order valence-electron chi connectivity index (χ2n) is 4.14. The van der Waals surface area contributed by atoms with Crippen molar-refractivity contribution < 1.29 is 14.8 Å². The van der Waals surface area contributed by atoms with E-state index in [4.69, 9.17) is 5.11 Å². The highest BCUT2D eigenvalue weighted by Gasteiger charge is 2.28. The van der Waals surface area contributed by atoms with E-state index >= 15 is 0 Å². The van der Waals surface area contributed by atoms with E-state index in [0.29, 0.717) is 4.88 Å². The Labute approximate surface area is 90.5 Å². The molecule has 0 unspecified atom stereocenters. The molecule has 1 aromatic rings. The molecular weight excluding hydrogens is 218 g/mol. The predicted molar refractivity (Wildman–Crippen MR) is 56.6 cm³/mol. The SMILES string of the molecule is CC(C)(C)c1cc([N+](=O)[O-])c(C(=O)O)s1. The highest BCUT2D eigenvalue weighted by molar-refractivity contribution is 7.14. The van der Waals surface area contributed by atoms with E-state index in [1.807, 2.05) is 20.8 Å². The van der Waals surface area contributed by atoms with Crippen LogP contribution in [0.2, 0.25) is 0 Å². The maximum absolute atomic E-state index is 10.8. The van der Waals surface area contributed by atoms with Gasteiger partial charge in [-0.15, -0.1) is 11.3 Å². The zero-order valence-electron chi connectivity index (χ0n) is 8.60. The van der Waals surface area contributed by atoms with Crippen LogP contribution in [0.1, 0.15) is 35.3 Å². The van der Waals surface area contributed by atoms with E-state index in [0.717, 1.165) is 11.3 Å². The van der Waals surface area contributed by atoms with E-state index in [2.05, 4.69) is 0 Å². The summed E-state index contributed by atoms with van der Waals surface area (Å²) in [5.41, 5.74) is -0.597. The first-order valence-corrected chi connectivity index (χ1v) is 5.07. The van der Waals surface area contributed by atoms with Crippen molar-refractivity contribution in [1.82, 2.24) is 0 Å². The first-order chi connectivity index (χ1) is 6.73. The number of hydrogen-bond donors (Lipinski definition) is 1. The average molecular weight is 229 g/mol. The standard InChI is InChI=1S/C9H11NO4S/c1-9(2,3)6-4-5(10(13)14)7(15-6)8(11)12/h4H,1-3H3,(H,11,12). The zero-order chi connectivity index (χ0) is 11.8. The lowest BCUT2D eigenvalue weighted by atomic mass is 9.95. The van der Waals surface area contributed by atoms with Crippen LogP contribution in [0.25, 0.3) is 0 Å². The molecule has 0 saturated carbocycles. The van der Waals surface area contributed by atoms with Crippen molar-refractivity contribution >= 4 is 23.0 Å². The maximum Gasteiger partial charge on any atom is 0.353 e. The van der Waals surface area contributed by atoms with Gasteiger partial charge in [0.25, 0.3) is 5.69 Å². The minimum Gasteiger partial charge on any atom is -0.477 e. The molecule has 15 heavy (non-hydrogen) atoms. The molecule has 0 fully saturated rings. The van der Waals surface area contributed by atoms with E-state index in [1.54, 1.807) is 0 Å². The fourth-order valence-electron chi connectivity index (χ4n) is 1.04. The number of carboxylic acid groups (broad SMARTS) is 1. The van der Waals surface area contributed by atoms with Crippen molar-refractivity contribution in [2.75, 3.05) is 0 Å². The van der Waals surface area contributed by atoms with Gasteiger partial charge in [-0.3, -0.25) is 10.1 Å². The molecule has 1 heterocycles. The Bertz CT molecular complexity index is 385. The summed E-state index contributed by atoms with van der Waals surface area (Å²) in [6.07, 6.45) is 0. The second kappa shape index (κ2) is 3.62. The summed E-state index contributed by atoms with van der Waals surface area (Å²) in [6, 6.07) is 1.34. The summed E-state index contributed by atoms with van der Waals surface area (Å²) in [4.78, 5) is 21.2. The number of carboxylic acids is 1. The molecule has 0 aliphatic heterocycles. The van der Waals surface area contributed by atoms with Gasteiger partial charge in [0.15, 0.2) is 4.88 Å². The summed E-state index contributed by atoms with van der Waals surface area (Å²) < 4.78 is 0. The Hall–Kier alpha value is -1.43. The lowest BCUT2D eigenvalue weighted by Gasteiger charge is -2.14. The average Bonchev–Trinajstić information content (AvgIpc) is 2.45. The van der Waals surface area contributed by atoms with Crippen molar-refractivity contribution in [2.45, 2.75) is 26.2 Å². The van der Waals surface area contributed by atoms with Gasteiger partial charge >= 0.3 is 5.97 Å². The normalized spacial score (nSPS) is 11.4. The molecule has 6 heteroatoms. The first-order valence-electron chi connectivity index (χ1n) is 4.25. The molecule has 1 aromatic heterocycles. The van der Waals surface area contributed by atoms with Crippen LogP contribution in [0.5, 0.6) is 0 Å². The minimum absolute atomic E-state index is 0.204. The lowest BCUT2D eigenvalue weighted by molar-refractivity contribution is -0.384. The number of aromatic carboxylic acids is 1. The van der Waals surface area contributed by atoms with Crippen LogP contribution < -0.4 is 0 Å². The smallest absolute Gasteiger partial charge is 0.353 e. The van der Waals surface area contributed by atoms with E-state index in [9.17, 15) is 14.9 Å². The van der Waals surface area contributed by atoms with Gasteiger partial charge < -0.3 is 5.11 Å². The fourth-order valence-corrected chi connectivity index (χ4v) is 2.06. The molecule has 0 saturated heterocycles. The van der Waals surface area contributed by atoms with Crippen LogP contribution >= 0.6 is 11.3 Å². The van der Waals surface area contributed by atoms with Gasteiger partial charge in [-0.05, 0) is 5.41 Å². The Morgan fingerprint density at radius 2 is 2.07 bits per heavy atom. The third-order valence-corrected chi connectivity index (χ3v) is 3.38. The molecule has 82 valence electrons. The molecule has 0 spiro atoms. The molecule has 0 bridgehead atoms. The highest BCUT2D eigenvalue weighted by Crippen LogP contribution is 2.36. The van der Waals surface area contributed by atoms with Crippen LogP contribution in [-0.4, -0.2) is 16.0 Å². The van der Waals surface area contributed by atoms with Gasteiger partial charge in [0.2, 0.25) is 0 Å². The number of rotatable bonds is 2. The number of carbonyl (C=O) groups is 1. The van der Waals surface area contributed by atoms with Crippen LogP contribution in [0.15, 0.2) is 6.07 Å². The van der Waals surface area contributed by atoms with Gasteiger partial charge in [-0.2, -0.15) is 0 Å². The summed E-state index contributed by atoms with van der Waals surface area (Å²) >= 11 is 0.962. The van der Waals surface area contributed by atoms with Crippen LogP contribution in [0.4, 0.5) is 5.69 Å². The maximum atomic E-state index is 10.8. The summed E-state index contributed by atoms with van der Waals surface area (Å²) in [6.45, 7) is 5.65. The van der Waals surface area contributed by atoms with E-state index in [1.165, 1.54) is 6.07 Å². The second-order valence-corrected chi connectivity index (χ2v) is 5.19. The van der Waals surface area contributed by atoms with Gasteiger partial charge in [-0.25, -0.2) is 4.79 Å². The molecule has 0 atom stereocenters. The van der Waals surface area contributed by atoms with Gasteiger partial charge in [-0.1, -0.05) is 20.8 Å². The zero-order valence-corrected chi connectivity index (χ0v) is 9.42. The molecular formula is C9H11NO4S. The lowest BCUT2D eigenvalue weighted by Crippen LogP contribution is -2.08. The first kappa shape index (κ1) is 11.6. The molecule has 5 nitrogen and oxygen atoms in total. The molecule has 1 N–H and O–H groups in total. The Morgan fingerprint density at radius 3 is 2.33 bits per heavy atom. The fraction of sp³-hybridized carbons (Fsp3) is 0.444. The third kappa shape index (κ3) is 2.33. The Kier molecular flexibility index (Phi) is 2.81. The number of nitro groups is 1. The van der Waals surface area contributed by atoms with Crippen LogP contribution in [0.3, 0.4) is 0 Å². The monoisotopic (exact) mass is 229 g/mol. The van der Waals surface area contributed by atoms with Crippen LogP contribution in [-0.2, 0) is 5.41 Å². The Balaban J connectivity index is 3.34. The Morgan fingerprint density at radius 1 is 1.53 bits per heavy atom. The molecule has 1 rings (SSSR count). The minimum atomic E-state index is -1.25. The molecule has 0 aliphatic rings. The summed E-state index contributed by atoms with van der Waals surface area (Å²) in [5.74, 6) is -1.25. The molecule has 0 aliphatic carbocycles. The number of nitrogens with zero attached hydrogens (tertiary/aromatic N) is 1. The van der Waals surface area contributed by atoms with Gasteiger partial charge in [0.05, 0.1) is 4.92 Å². The largest absolute Gasteiger partial charge is 0.477 e. The molecule has 0 aromatic carbocycles. The summed E-state index contributed by atoms with van der Waals surface area (Å²) in [7, 11) is 0. The number of thiophene rings is 1. The van der Waals surface area contributed by atoms with Gasteiger partial charge in [0, 0.05) is 10.9 Å². The van der Waals surface area contributed by atoms with Crippen molar-refractivity contribution in [2.24, 2.45) is 0 Å². The van der Waals surface area contributed by atoms with Crippen molar-refractivity contribution in [3.8, 4) is 0 Å². The highest BCUT2D eigenvalue weighted by atomic mass is 32.1. The number of hydrogen-bond acceptors (Lipinski definition) is 4. The predicted octanol–water partition coefficient (Wildman–Crippen LogP) is 2.65. The summed E-state index contributed by atoms with van der Waals surface area (Å²) in [5, 5.41) is 19.4. The quantitative estimate of drug-likeness (QED) is 0.624. The third-order valence-electron chi connectivity index (χ3n) is 1.84. The van der Waals surface area contributed by atoms with Crippen molar-refractivity contribution in [3.63, 3.8) is 0 Å². The van der Waals surface area contributed by atoms with E-state index < -0.39 is 10.9 Å². The molecule has 0 radical (unpaired) electrons. The topological polar surface area (TPSA) is 80.4 Å². The molecule has 0 amide bonds. The van der Waals surface area contributed by atoms with Crippen molar-refractivity contribution in [3.05, 3.63) is 25.9 Å². The van der Waals surface area contributed by atoms with E-state index in [-0.39, 0.29) is 16.0 Å². The van der Waals surface area contributed by atoms with Crippen LogP contribution in [0, 0.1) is 10.1 Å². The van der Waals surface area contributed by atoms with Crippen molar-refractivity contribution in [1.29, 1.82) is 0 Å². The van der Waals surface area contributed by atoms with Gasteiger partial charge in [0.1, 0.15) is 0 Å².